The fourth-order valence-electron chi connectivity index (χ4n) is 1.84. The van der Waals surface area contributed by atoms with Gasteiger partial charge < -0.3 is 9.26 Å². The van der Waals surface area contributed by atoms with E-state index in [1.165, 1.54) is 12.4 Å². The third-order valence-electron chi connectivity index (χ3n) is 2.95. The van der Waals surface area contributed by atoms with Crippen LogP contribution >= 0.6 is 11.6 Å². The predicted molar refractivity (Wildman–Crippen MR) is 80.3 cm³/mol. The third kappa shape index (κ3) is 3.32. The molecule has 0 fully saturated rings. The topological polar surface area (TPSA) is 65.2 Å². The molecule has 0 unspecified atom stereocenters. The number of pyridine rings is 1. The molecule has 110 valence electrons. The minimum Gasteiger partial charge on any atom is -0.455 e. The molecule has 0 saturated carbocycles. The van der Waals surface area contributed by atoms with Crippen molar-refractivity contribution in [3.05, 3.63) is 71.1 Å². The van der Waals surface area contributed by atoms with Gasteiger partial charge in [-0.05, 0) is 36.4 Å². The van der Waals surface area contributed by atoms with E-state index in [0.717, 1.165) is 5.56 Å². The van der Waals surface area contributed by atoms with E-state index in [2.05, 4.69) is 10.1 Å². The van der Waals surface area contributed by atoms with Gasteiger partial charge in [0.05, 0.1) is 5.56 Å². The summed E-state index contributed by atoms with van der Waals surface area (Å²) in [5, 5.41) is 4.53. The number of carbonyl (C=O) groups excluding carboxylic acids is 1. The van der Waals surface area contributed by atoms with Crippen molar-refractivity contribution in [2.75, 3.05) is 0 Å². The summed E-state index contributed by atoms with van der Waals surface area (Å²) in [7, 11) is 0. The quantitative estimate of drug-likeness (QED) is 0.686. The molecule has 0 aliphatic rings. The molecular formula is C16H11ClN2O3. The summed E-state index contributed by atoms with van der Waals surface area (Å²) in [4.78, 5) is 15.7. The Morgan fingerprint density at radius 2 is 1.86 bits per heavy atom. The minimum atomic E-state index is -0.432. The molecule has 0 amide bonds. The van der Waals surface area contributed by atoms with Crippen LogP contribution in [0.5, 0.6) is 0 Å². The summed E-state index contributed by atoms with van der Waals surface area (Å²) in [6.07, 6.45) is 3.07. The van der Waals surface area contributed by atoms with Crippen molar-refractivity contribution in [2.24, 2.45) is 0 Å². The molecule has 1 aromatic carbocycles. The van der Waals surface area contributed by atoms with E-state index in [1.807, 2.05) is 12.1 Å². The van der Waals surface area contributed by atoms with Crippen LogP contribution in [0.15, 0.2) is 59.4 Å². The van der Waals surface area contributed by atoms with Crippen LogP contribution in [0.2, 0.25) is 5.02 Å². The molecule has 0 aliphatic heterocycles. The largest absolute Gasteiger partial charge is 0.455 e. The molecule has 0 aliphatic carbocycles. The number of esters is 1. The first kappa shape index (κ1) is 14.3. The maximum Gasteiger partial charge on any atom is 0.338 e. The Kier molecular flexibility index (Phi) is 4.16. The molecule has 6 heteroatoms. The highest BCUT2D eigenvalue weighted by molar-refractivity contribution is 6.30. The van der Waals surface area contributed by atoms with Crippen molar-refractivity contribution in [1.29, 1.82) is 0 Å². The molecule has 2 heterocycles. The highest BCUT2D eigenvalue weighted by Crippen LogP contribution is 2.22. The molecule has 2 aromatic heterocycles. The zero-order valence-electron chi connectivity index (χ0n) is 11.4. The lowest BCUT2D eigenvalue weighted by atomic mass is 10.2. The van der Waals surface area contributed by atoms with Crippen LogP contribution in [-0.4, -0.2) is 16.1 Å². The van der Waals surface area contributed by atoms with Crippen molar-refractivity contribution in [3.8, 4) is 11.3 Å². The van der Waals surface area contributed by atoms with Gasteiger partial charge in [0.25, 0.3) is 0 Å². The standard InChI is InChI=1S/C16H11ClN2O3/c17-13-3-1-11(2-4-13)15-9-14(19-22-15)10-21-16(20)12-5-7-18-8-6-12/h1-9H,10H2. The molecule has 0 spiro atoms. The monoisotopic (exact) mass is 314 g/mol. The maximum atomic E-state index is 11.8. The van der Waals surface area contributed by atoms with E-state index in [-0.39, 0.29) is 6.61 Å². The van der Waals surface area contributed by atoms with Crippen molar-refractivity contribution in [1.82, 2.24) is 10.1 Å². The SMILES string of the molecule is O=C(OCc1cc(-c2ccc(Cl)cc2)on1)c1ccncc1. The van der Waals surface area contributed by atoms with Crippen LogP contribution in [0.1, 0.15) is 16.1 Å². The fraction of sp³-hybridized carbons (Fsp3) is 0.0625. The number of hydrogen-bond donors (Lipinski definition) is 0. The van der Waals surface area contributed by atoms with Gasteiger partial charge in [-0.3, -0.25) is 4.98 Å². The number of nitrogens with zero attached hydrogens (tertiary/aromatic N) is 2. The summed E-state index contributed by atoms with van der Waals surface area (Å²) in [6, 6.07) is 12.1. The van der Waals surface area contributed by atoms with Crippen LogP contribution in [0, 0.1) is 0 Å². The molecule has 3 rings (SSSR count). The minimum absolute atomic E-state index is 0.0399. The molecule has 0 bridgehead atoms. The summed E-state index contributed by atoms with van der Waals surface area (Å²) < 4.78 is 10.4. The second-order valence-corrected chi connectivity index (χ2v) is 4.94. The van der Waals surface area contributed by atoms with E-state index >= 15 is 0 Å². The molecular weight excluding hydrogens is 304 g/mol. The first-order valence-corrected chi connectivity index (χ1v) is 6.89. The normalized spacial score (nSPS) is 10.4. The maximum absolute atomic E-state index is 11.8. The first-order chi connectivity index (χ1) is 10.7. The van der Waals surface area contributed by atoms with Gasteiger partial charge in [0.1, 0.15) is 12.3 Å². The molecule has 0 N–H and O–H groups in total. The number of rotatable bonds is 4. The summed E-state index contributed by atoms with van der Waals surface area (Å²) >= 11 is 5.84. The van der Waals surface area contributed by atoms with Crippen molar-refractivity contribution in [3.63, 3.8) is 0 Å². The number of hydrogen-bond acceptors (Lipinski definition) is 5. The van der Waals surface area contributed by atoms with Gasteiger partial charge in [0, 0.05) is 29.0 Å². The van der Waals surface area contributed by atoms with E-state index in [0.29, 0.717) is 22.0 Å². The van der Waals surface area contributed by atoms with Gasteiger partial charge in [0.2, 0.25) is 0 Å². The van der Waals surface area contributed by atoms with Crippen LogP contribution in [0.25, 0.3) is 11.3 Å². The average Bonchev–Trinajstić information content (AvgIpc) is 3.03. The Labute approximate surface area is 131 Å². The van der Waals surface area contributed by atoms with E-state index in [1.54, 1.807) is 30.3 Å². The lowest BCUT2D eigenvalue weighted by molar-refractivity contribution is 0.0464. The molecule has 3 aromatic rings. The Balaban J connectivity index is 1.65. The van der Waals surface area contributed by atoms with Crippen LogP contribution < -0.4 is 0 Å². The summed E-state index contributed by atoms with van der Waals surface area (Å²) in [5.74, 6) is 0.157. The van der Waals surface area contributed by atoms with Crippen LogP contribution in [0.4, 0.5) is 0 Å². The lowest BCUT2D eigenvalue weighted by Gasteiger charge is -2.01. The molecule has 0 atom stereocenters. The van der Waals surface area contributed by atoms with Gasteiger partial charge in [-0.1, -0.05) is 16.8 Å². The average molecular weight is 315 g/mol. The number of carbonyl (C=O) groups is 1. The third-order valence-corrected chi connectivity index (χ3v) is 3.21. The summed E-state index contributed by atoms with van der Waals surface area (Å²) in [6.45, 7) is 0.0399. The van der Waals surface area contributed by atoms with Gasteiger partial charge in [0.15, 0.2) is 5.76 Å². The predicted octanol–water partition coefficient (Wildman–Crippen LogP) is 3.75. The van der Waals surface area contributed by atoms with Gasteiger partial charge in [-0.2, -0.15) is 0 Å². The number of ether oxygens (including phenoxy) is 1. The van der Waals surface area contributed by atoms with E-state index in [4.69, 9.17) is 20.9 Å². The highest BCUT2D eigenvalue weighted by Gasteiger charge is 2.10. The molecule has 22 heavy (non-hydrogen) atoms. The van der Waals surface area contributed by atoms with Gasteiger partial charge >= 0.3 is 5.97 Å². The van der Waals surface area contributed by atoms with Crippen molar-refractivity contribution >= 4 is 17.6 Å². The van der Waals surface area contributed by atoms with E-state index in [9.17, 15) is 4.79 Å². The lowest BCUT2D eigenvalue weighted by Crippen LogP contribution is -2.05. The Morgan fingerprint density at radius 3 is 2.59 bits per heavy atom. The zero-order chi connectivity index (χ0) is 15.4. The Hall–Kier alpha value is -2.66. The molecule has 5 nitrogen and oxygen atoms in total. The Morgan fingerprint density at radius 1 is 1.14 bits per heavy atom. The molecule has 0 radical (unpaired) electrons. The molecule has 0 saturated heterocycles. The number of benzene rings is 1. The number of halogens is 1. The van der Waals surface area contributed by atoms with Crippen molar-refractivity contribution < 1.29 is 14.1 Å². The second kappa shape index (κ2) is 6.41. The smallest absolute Gasteiger partial charge is 0.338 e. The zero-order valence-corrected chi connectivity index (χ0v) is 12.2. The van der Waals surface area contributed by atoms with Crippen molar-refractivity contribution in [2.45, 2.75) is 6.61 Å². The Bertz CT molecular complexity index is 770. The van der Waals surface area contributed by atoms with E-state index < -0.39 is 5.97 Å². The summed E-state index contributed by atoms with van der Waals surface area (Å²) in [5.41, 5.74) is 1.83. The van der Waals surface area contributed by atoms with Crippen LogP contribution in [0.3, 0.4) is 0 Å². The van der Waals surface area contributed by atoms with Crippen LogP contribution in [-0.2, 0) is 11.3 Å². The number of aromatic nitrogens is 2. The first-order valence-electron chi connectivity index (χ1n) is 6.51. The highest BCUT2D eigenvalue weighted by atomic mass is 35.5. The second-order valence-electron chi connectivity index (χ2n) is 4.50. The van der Waals surface area contributed by atoms with Gasteiger partial charge in [-0.25, -0.2) is 4.79 Å². The fourth-order valence-corrected chi connectivity index (χ4v) is 1.97. The van der Waals surface area contributed by atoms with Gasteiger partial charge in [-0.15, -0.1) is 0 Å².